The van der Waals surface area contributed by atoms with Crippen molar-refractivity contribution in [2.75, 3.05) is 34.7 Å². The lowest BCUT2D eigenvalue weighted by atomic mass is 10.0. The molecule has 3 rings (SSSR count). The molecule has 0 bridgehead atoms. The lowest BCUT2D eigenvalue weighted by Crippen LogP contribution is -2.22. The molecule has 0 radical (unpaired) electrons. The van der Waals surface area contributed by atoms with Crippen LogP contribution < -0.4 is 4.84 Å². The van der Waals surface area contributed by atoms with E-state index in [4.69, 9.17) is 11.8 Å². The molecule has 182 valence electrons. The third-order valence-electron chi connectivity index (χ3n) is 5.59. The van der Waals surface area contributed by atoms with Gasteiger partial charge < -0.3 is 9.47 Å². The molecule has 0 aliphatic heterocycles. The molecular formula is C24H28ClFN4O3S. The summed E-state index contributed by atoms with van der Waals surface area (Å²) in [6, 6.07) is 12.0. The highest BCUT2D eigenvalue weighted by Crippen LogP contribution is 2.38. The Morgan fingerprint density at radius 2 is 1.82 bits per heavy atom. The first kappa shape index (κ1) is 25.9. The summed E-state index contributed by atoms with van der Waals surface area (Å²) >= 11 is 5.46. The summed E-state index contributed by atoms with van der Waals surface area (Å²) in [4.78, 5) is 17.0. The molecule has 1 heterocycles. The number of carbonyl (C=O) groups is 1. The quantitative estimate of drug-likeness (QED) is 0.465. The molecule has 1 amide bonds. The monoisotopic (exact) mass is 506 g/mol. The molecule has 0 aliphatic rings. The number of carbonyl (C=O) groups excluding carboxylic acids is 1. The van der Waals surface area contributed by atoms with Gasteiger partial charge in [-0.05, 0) is 48.5 Å². The van der Waals surface area contributed by atoms with E-state index < -0.39 is 15.9 Å². The third kappa shape index (κ3) is 4.88. The molecule has 1 N–H and O–H groups in total. The number of nitrogens with zero attached hydrogens (tertiary/aromatic N) is 3. The van der Waals surface area contributed by atoms with E-state index in [-0.39, 0.29) is 23.9 Å². The van der Waals surface area contributed by atoms with Gasteiger partial charge in [0.15, 0.2) is 0 Å². The Balaban J connectivity index is 2.34. The van der Waals surface area contributed by atoms with Gasteiger partial charge in [-0.3, -0.25) is 4.79 Å². The van der Waals surface area contributed by atoms with Crippen LogP contribution in [0.2, 0.25) is 0 Å². The Morgan fingerprint density at radius 1 is 1.15 bits per heavy atom. The number of para-hydroxylation sites is 1. The lowest BCUT2D eigenvalue weighted by Gasteiger charge is -2.14. The Labute approximate surface area is 204 Å². The fourth-order valence-electron chi connectivity index (χ4n) is 3.90. The van der Waals surface area contributed by atoms with Crippen molar-refractivity contribution in [1.82, 2.24) is 18.6 Å². The molecule has 0 unspecified atom stereocenters. The van der Waals surface area contributed by atoms with Crippen molar-refractivity contribution in [3.05, 3.63) is 65.6 Å². The number of aromatic nitrogens is 1. The van der Waals surface area contributed by atoms with Gasteiger partial charge in [-0.1, -0.05) is 24.3 Å². The van der Waals surface area contributed by atoms with E-state index in [0.29, 0.717) is 22.3 Å². The molecule has 2 aromatic carbocycles. The minimum atomic E-state index is -3.65. The Hall–Kier alpha value is -2.72. The number of amides is 1. The van der Waals surface area contributed by atoms with Crippen LogP contribution in [0.4, 0.5) is 4.39 Å². The molecule has 0 fully saturated rings. The molecule has 3 aromatic rings. The summed E-state index contributed by atoms with van der Waals surface area (Å²) in [5, 5.41) is 0.730. The average molecular weight is 507 g/mol. The summed E-state index contributed by atoms with van der Waals surface area (Å²) in [5.41, 5.74) is 3.11. The number of hydrogen-bond donors (Lipinski definition) is 1. The molecule has 0 aliphatic carbocycles. The van der Waals surface area contributed by atoms with E-state index in [1.54, 1.807) is 42.9 Å². The van der Waals surface area contributed by atoms with Gasteiger partial charge in [0.1, 0.15) is 5.83 Å². The van der Waals surface area contributed by atoms with E-state index in [9.17, 15) is 17.6 Å². The van der Waals surface area contributed by atoms with Gasteiger partial charge in [0.25, 0.3) is 5.91 Å². The second-order valence-corrected chi connectivity index (χ2v) is 10.7. The summed E-state index contributed by atoms with van der Waals surface area (Å²) < 4.78 is 43.1. The molecule has 1 aromatic heterocycles. The maximum Gasteiger partial charge on any atom is 0.255 e. The van der Waals surface area contributed by atoms with Crippen LogP contribution in [0.1, 0.15) is 16.1 Å². The van der Waals surface area contributed by atoms with E-state index in [2.05, 4.69) is 4.84 Å². The molecular weight excluding hydrogens is 479 g/mol. The standard InChI is InChI=1S/C24H28ClFN4O3S/c1-16-22(17-8-6-9-19(14-17)34(32,33)29(4)5)20-10-7-11-21(24(31)28(2)3)23(20)30(16)15-18(26)12-13-27-25/h6-12,14,27H,13,15H2,1-5H3/b18-12-. The van der Waals surface area contributed by atoms with Crippen LogP contribution in [0.15, 0.2) is 59.3 Å². The first-order valence-electron chi connectivity index (χ1n) is 10.5. The minimum Gasteiger partial charge on any atom is -0.345 e. The van der Waals surface area contributed by atoms with E-state index in [0.717, 1.165) is 15.3 Å². The van der Waals surface area contributed by atoms with Crippen LogP contribution in [0.25, 0.3) is 22.0 Å². The summed E-state index contributed by atoms with van der Waals surface area (Å²) in [6.45, 7) is 1.88. The van der Waals surface area contributed by atoms with E-state index in [1.807, 2.05) is 19.1 Å². The zero-order chi connectivity index (χ0) is 25.2. The SMILES string of the molecule is Cc1c(-c2cccc(S(=O)(=O)N(C)C)c2)c2cccc(C(=O)N(C)C)c2n1C/C(F)=C/CNCl. The highest BCUT2D eigenvalue weighted by Gasteiger charge is 2.24. The van der Waals surface area contributed by atoms with Crippen LogP contribution in [-0.4, -0.2) is 62.8 Å². The molecule has 34 heavy (non-hydrogen) atoms. The number of allylic oxidation sites excluding steroid dienone is 1. The van der Waals surface area contributed by atoms with Crippen molar-refractivity contribution >= 4 is 38.6 Å². The van der Waals surface area contributed by atoms with Gasteiger partial charge in [0.2, 0.25) is 10.0 Å². The van der Waals surface area contributed by atoms with Gasteiger partial charge in [0, 0.05) is 51.4 Å². The number of fused-ring (bicyclic) bond motifs is 1. The van der Waals surface area contributed by atoms with E-state index in [1.165, 1.54) is 31.1 Å². The van der Waals surface area contributed by atoms with Gasteiger partial charge in [-0.2, -0.15) is 0 Å². The molecule has 10 heteroatoms. The van der Waals surface area contributed by atoms with Crippen molar-refractivity contribution in [3.8, 4) is 11.1 Å². The molecule has 0 spiro atoms. The van der Waals surface area contributed by atoms with Crippen LogP contribution in [0, 0.1) is 6.92 Å². The highest BCUT2D eigenvalue weighted by atomic mass is 35.5. The normalized spacial score (nSPS) is 12.5. The predicted molar refractivity (Wildman–Crippen MR) is 134 cm³/mol. The summed E-state index contributed by atoms with van der Waals surface area (Å²) in [6.07, 6.45) is 1.33. The van der Waals surface area contributed by atoms with Crippen LogP contribution in [0.3, 0.4) is 0 Å². The smallest absolute Gasteiger partial charge is 0.255 e. The number of rotatable bonds is 8. The maximum atomic E-state index is 14.8. The summed E-state index contributed by atoms with van der Waals surface area (Å²) in [7, 11) is 2.61. The predicted octanol–water partition coefficient (Wildman–Crippen LogP) is 4.17. The molecule has 0 saturated carbocycles. The Kier molecular flexibility index (Phi) is 7.82. The molecule has 0 atom stereocenters. The Morgan fingerprint density at radius 3 is 2.44 bits per heavy atom. The minimum absolute atomic E-state index is 0.103. The largest absolute Gasteiger partial charge is 0.345 e. The van der Waals surface area contributed by atoms with Crippen molar-refractivity contribution < 1.29 is 17.6 Å². The second-order valence-electron chi connectivity index (χ2n) is 8.25. The van der Waals surface area contributed by atoms with Gasteiger partial charge in [-0.25, -0.2) is 21.9 Å². The molecule has 0 saturated heterocycles. The number of benzene rings is 2. The molecule has 7 nitrogen and oxygen atoms in total. The van der Waals surface area contributed by atoms with Gasteiger partial charge >= 0.3 is 0 Å². The number of sulfonamides is 1. The maximum absolute atomic E-state index is 14.8. The first-order chi connectivity index (χ1) is 16.0. The number of halogens is 2. The van der Waals surface area contributed by atoms with Gasteiger partial charge in [0.05, 0.1) is 22.5 Å². The zero-order valence-corrected chi connectivity index (χ0v) is 21.3. The lowest BCUT2D eigenvalue weighted by molar-refractivity contribution is 0.0829. The highest BCUT2D eigenvalue weighted by molar-refractivity contribution is 7.89. The van der Waals surface area contributed by atoms with Crippen molar-refractivity contribution in [2.24, 2.45) is 0 Å². The topological polar surface area (TPSA) is 74.7 Å². The fraction of sp³-hybridized carbons (Fsp3) is 0.292. The summed E-state index contributed by atoms with van der Waals surface area (Å²) in [5.74, 6) is -0.637. The Bertz CT molecular complexity index is 1360. The number of hydrogen-bond acceptors (Lipinski definition) is 4. The van der Waals surface area contributed by atoms with Gasteiger partial charge in [-0.15, -0.1) is 0 Å². The number of nitrogens with one attached hydrogen (secondary N) is 1. The first-order valence-corrected chi connectivity index (χ1v) is 12.4. The van der Waals surface area contributed by atoms with Crippen molar-refractivity contribution in [1.29, 1.82) is 0 Å². The van der Waals surface area contributed by atoms with Crippen molar-refractivity contribution in [2.45, 2.75) is 18.4 Å². The van der Waals surface area contributed by atoms with Crippen molar-refractivity contribution in [3.63, 3.8) is 0 Å². The fourth-order valence-corrected chi connectivity index (χ4v) is 4.92. The average Bonchev–Trinajstić information content (AvgIpc) is 3.08. The zero-order valence-electron chi connectivity index (χ0n) is 19.8. The van der Waals surface area contributed by atoms with Crippen LogP contribution >= 0.6 is 11.8 Å². The second kappa shape index (κ2) is 10.3. The third-order valence-corrected chi connectivity index (χ3v) is 7.56. The van der Waals surface area contributed by atoms with Crippen LogP contribution in [0.5, 0.6) is 0 Å². The van der Waals surface area contributed by atoms with Crippen LogP contribution in [-0.2, 0) is 16.6 Å². The van der Waals surface area contributed by atoms with E-state index >= 15 is 0 Å².